The Balaban J connectivity index is 1.30. The molecule has 3 fully saturated rings. The lowest BCUT2D eigenvalue weighted by molar-refractivity contribution is -0.167. The van der Waals surface area contributed by atoms with E-state index in [1.165, 1.54) is 0 Å². The average Bonchev–Trinajstić information content (AvgIpc) is 3.07. The summed E-state index contributed by atoms with van der Waals surface area (Å²) >= 11 is 0. The molecule has 1 aromatic rings. The van der Waals surface area contributed by atoms with Crippen LogP contribution in [0.15, 0.2) is 18.2 Å². The molecule has 9 heteroatoms. The number of anilines is 2. The molecule has 1 spiro atoms. The highest BCUT2D eigenvalue weighted by molar-refractivity contribution is 6.07. The zero-order valence-electron chi connectivity index (χ0n) is 19.6. The molecule has 0 radical (unpaired) electrons. The quantitative estimate of drug-likeness (QED) is 0.608. The Hall–Kier alpha value is -2.65. The fourth-order valence-corrected chi connectivity index (χ4v) is 5.64. The van der Waals surface area contributed by atoms with Crippen LogP contribution in [0.2, 0.25) is 0 Å². The molecule has 3 amide bonds. The van der Waals surface area contributed by atoms with Gasteiger partial charge in [-0.3, -0.25) is 9.59 Å². The highest BCUT2D eigenvalue weighted by atomic mass is 16.6. The van der Waals surface area contributed by atoms with E-state index >= 15 is 0 Å². The molecule has 9 nitrogen and oxygen atoms in total. The van der Waals surface area contributed by atoms with Crippen molar-refractivity contribution in [1.82, 2.24) is 5.32 Å². The fraction of sp³-hybridized carbons (Fsp3) is 0.640. The minimum absolute atomic E-state index is 0.00719. The van der Waals surface area contributed by atoms with Crippen LogP contribution < -0.4 is 16.0 Å². The molecule has 0 bridgehead atoms. The summed E-state index contributed by atoms with van der Waals surface area (Å²) in [7, 11) is 0. The van der Waals surface area contributed by atoms with Crippen LogP contribution in [0.3, 0.4) is 0 Å². The van der Waals surface area contributed by atoms with E-state index in [2.05, 4.69) is 16.0 Å². The van der Waals surface area contributed by atoms with Gasteiger partial charge in [-0.25, -0.2) is 4.79 Å². The van der Waals surface area contributed by atoms with Gasteiger partial charge in [0.05, 0.1) is 18.6 Å². The van der Waals surface area contributed by atoms with Crippen LogP contribution in [-0.2, 0) is 29.2 Å². The summed E-state index contributed by atoms with van der Waals surface area (Å²) in [5.41, 5.74) is 1.08. The average molecular weight is 472 g/mol. The van der Waals surface area contributed by atoms with Gasteiger partial charge >= 0.3 is 6.09 Å². The highest BCUT2D eigenvalue weighted by Crippen LogP contribution is 2.45. The molecule has 0 aromatic heterocycles. The van der Waals surface area contributed by atoms with Gasteiger partial charge in [-0.05, 0) is 56.2 Å². The first-order chi connectivity index (χ1) is 16.4. The number of hydrogen-bond donors (Lipinski definition) is 3. The SMILES string of the molecule is CC1(OC(=O)NC(C(=O)Nc2ccc3c(c2)NC(=O)C32CCOCC2)C2CCCCC2)COC1. The van der Waals surface area contributed by atoms with E-state index in [0.717, 1.165) is 43.4 Å². The molecule has 1 aromatic carbocycles. The molecular formula is C25H33N3O6. The Kier molecular flexibility index (Phi) is 6.24. The zero-order chi connectivity index (χ0) is 23.8. The Bertz CT molecular complexity index is 963. The van der Waals surface area contributed by atoms with Crippen LogP contribution >= 0.6 is 0 Å². The Labute approximate surface area is 199 Å². The number of amides is 3. The van der Waals surface area contributed by atoms with Crippen molar-refractivity contribution in [3.8, 4) is 0 Å². The second-order valence-electron chi connectivity index (χ2n) is 10.3. The summed E-state index contributed by atoms with van der Waals surface area (Å²) < 4.78 is 16.1. The van der Waals surface area contributed by atoms with Gasteiger partial charge in [-0.15, -0.1) is 0 Å². The maximum Gasteiger partial charge on any atom is 0.408 e. The van der Waals surface area contributed by atoms with Gasteiger partial charge in [0, 0.05) is 24.6 Å². The summed E-state index contributed by atoms with van der Waals surface area (Å²) in [6.07, 6.45) is 5.67. The van der Waals surface area contributed by atoms with Crippen molar-refractivity contribution in [1.29, 1.82) is 0 Å². The third-order valence-corrected chi connectivity index (χ3v) is 7.66. The van der Waals surface area contributed by atoms with E-state index in [1.807, 2.05) is 19.1 Å². The van der Waals surface area contributed by atoms with Crippen LogP contribution in [0.25, 0.3) is 0 Å². The molecule has 1 saturated carbocycles. The second-order valence-corrected chi connectivity index (χ2v) is 10.3. The number of ether oxygens (including phenoxy) is 3. The lowest BCUT2D eigenvalue weighted by atomic mass is 9.75. The topological polar surface area (TPSA) is 115 Å². The third-order valence-electron chi connectivity index (χ3n) is 7.66. The molecule has 2 saturated heterocycles. The van der Waals surface area contributed by atoms with Crippen molar-refractivity contribution in [2.45, 2.75) is 68.9 Å². The van der Waals surface area contributed by atoms with Gasteiger partial charge < -0.3 is 30.2 Å². The lowest BCUT2D eigenvalue weighted by Gasteiger charge is -2.38. The number of carbonyl (C=O) groups excluding carboxylic acids is 3. The summed E-state index contributed by atoms with van der Waals surface area (Å²) in [6.45, 7) is 3.64. The summed E-state index contributed by atoms with van der Waals surface area (Å²) in [4.78, 5) is 38.7. The van der Waals surface area contributed by atoms with Gasteiger partial charge in [-0.1, -0.05) is 25.3 Å². The van der Waals surface area contributed by atoms with Crippen molar-refractivity contribution in [2.24, 2.45) is 5.92 Å². The molecule has 3 aliphatic heterocycles. The number of fused-ring (bicyclic) bond motifs is 2. The monoisotopic (exact) mass is 471 g/mol. The summed E-state index contributed by atoms with van der Waals surface area (Å²) in [5, 5.41) is 8.77. The smallest absolute Gasteiger partial charge is 0.408 e. The fourth-order valence-electron chi connectivity index (χ4n) is 5.64. The molecule has 5 rings (SSSR count). The molecule has 1 atom stereocenters. The van der Waals surface area contributed by atoms with Crippen molar-refractivity contribution in [2.75, 3.05) is 37.1 Å². The molecular weight excluding hydrogens is 438 g/mol. The van der Waals surface area contributed by atoms with Gasteiger partial charge in [0.2, 0.25) is 11.8 Å². The van der Waals surface area contributed by atoms with Crippen molar-refractivity contribution < 1.29 is 28.6 Å². The van der Waals surface area contributed by atoms with Gasteiger partial charge in [0.25, 0.3) is 0 Å². The minimum Gasteiger partial charge on any atom is -0.438 e. The molecule has 3 N–H and O–H groups in total. The van der Waals surface area contributed by atoms with E-state index in [9.17, 15) is 14.4 Å². The predicted molar refractivity (Wildman–Crippen MR) is 125 cm³/mol. The third kappa shape index (κ3) is 4.38. The van der Waals surface area contributed by atoms with Crippen molar-refractivity contribution in [3.63, 3.8) is 0 Å². The van der Waals surface area contributed by atoms with Crippen LogP contribution in [-0.4, -0.2) is 56.0 Å². The first kappa shape index (κ1) is 23.1. The summed E-state index contributed by atoms with van der Waals surface area (Å²) in [5.74, 6) is -0.234. The predicted octanol–water partition coefficient (Wildman–Crippen LogP) is 3.09. The van der Waals surface area contributed by atoms with Crippen LogP contribution in [0.4, 0.5) is 16.2 Å². The molecule has 4 aliphatic rings. The first-order valence-electron chi connectivity index (χ1n) is 12.3. The Morgan fingerprint density at radius 3 is 2.53 bits per heavy atom. The standard InChI is InChI=1S/C25H33N3O6/c1-24(14-33-15-24)34-23(31)28-20(16-5-3-2-4-6-16)21(29)26-17-7-8-18-19(13-17)27-22(30)25(18)9-11-32-12-10-25/h7-8,13,16,20H,2-6,9-12,14-15H2,1H3,(H,26,29)(H,27,30)(H,28,31). The van der Waals surface area contributed by atoms with Gasteiger partial charge in [0.1, 0.15) is 6.04 Å². The van der Waals surface area contributed by atoms with Gasteiger partial charge in [-0.2, -0.15) is 0 Å². The molecule has 1 aliphatic carbocycles. The number of carbonyl (C=O) groups is 3. The van der Waals surface area contributed by atoms with Crippen LogP contribution in [0.1, 0.15) is 57.4 Å². The van der Waals surface area contributed by atoms with Gasteiger partial charge in [0.15, 0.2) is 5.60 Å². The number of alkyl carbamates (subject to hydrolysis) is 1. The van der Waals surface area contributed by atoms with E-state index in [-0.39, 0.29) is 17.7 Å². The number of hydrogen-bond acceptors (Lipinski definition) is 6. The molecule has 3 heterocycles. The van der Waals surface area contributed by atoms with Crippen LogP contribution in [0.5, 0.6) is 0 Å². The van der Waals surface area contributed by atoms with E-state index in [4.69, 9.17) is 14.2 Å². The first-order valence-corrected chi connectivity index (χ1v) is 12.3. The maximum atomic E-state index is 13.3. The molecule has 1 unspecified atom stereocenters. The normalized spacial score (nSPS) is 23.9. The van der Waals surface area contributed by atoms with E-state index in [0.29, 0.717) is 45.0 Å². The Morgan fingerprint density at radius 1 is 1.12 bits per heavy atom. The van der Waals surface area contributed by atoms with E-state index < -0.39 is 23.2 Å². The number of benzene rings is 1. The largest absolute Gasteiger partial charge is 0.438 e. The summed E-state index contributed by atoms with van der Waals surface area (Å²) in [6, 6.07) is 4.86. The molecule has 184 valence electrons. The van der Waals surface area contributed by atoms with Crippen molar-refractivity contribution >= 4 is 29.3 Å². The maximum absolute atomic E-state index is 13.3. The van der Waals surface area contributed by atoms with E-state index in [1.54, 1.807) is 6.07 Å². The molecule has 34 heavy (non-hydrogen) atoms. The zero-order valence-corrected chi connectivity index (χ0v) is 19.6. The highest BCUT2D eigenvalue weighted by Gasteiger charge is 2.47. The Morgan fingerprint density at radius 2 is 1.85 bits per heavy atom. The number of rotatable bonds is 5. The van der Waals surface area contributed by atoms with Crippen LogP contribution in [0, 0.1) is 5.92 Å². The lowest BCUT2D eigenvalue weighted by Crippen LogP contribution is -2.55. The second kappa shape index (κ2) is 9.19. The minimum atomic E-state index is -0.693. The number of nitrogens with one attached hydrogen (secondary N) is 3. The van der Waals surface area contributed by atoms with Crippen molar-refractivity contribution in [3.05, 3.63) is 23.8 Å².